The summed E-state index contributed by atoms with van der Waals surface area (Å²) in [5, 5.41) is 13.2. The van der Waals surface area contributed by atoms with Crippen LogP contribution in [0.2, 0.25) is 0 Å². The molecule has 0 radical (unpaired) electrons. The van der Waals surface area contributed by atoms with Crippen LogP contribution in [-0.4, -0.2) is 28.6 Å². The van der Waals surface area contributed by atoms with Gasteiger partial charge < -0.3 is 10.4 Å². The van der Waals surface area contributed by atoms with Crippen LogP contribution in [-0.2, 0) is 0 Å². The number of amides is 1. The van der Waals surface area contributed by atoms with Crippen LogP contribution in [0.15, 0.2) is 30.5 Å². The Morgan fingerprint density at radius 2 is 2.29 bits per heavy atom. The third kappa shape index (κ3) is 2.88. The van der Waals surface area contributed by atoms with Crippen LogP contribution in [0.5, 0.6) is 0 Å². The summed E-state index contributed by atoms with van der Waals surface area (Å²) >= 11 is 0. The van der Waals surface area contributed by atoms with Gasteiger partial charge in [-0.25, -0.2) is 4.39 Å². The number of aliphatic hydroxyl groups excluding tert-OH is 1. The molecule has 2 N–H and O–H groups in total. The lowest BCUT2D eigenvalue weighted by Gasteiger charge is -2.15. The number of nitrogens with one attached hydrogen (secondary N) is 1. The Bertz CT molecular complexity index is 674. The lowest BCUT2D eigenvalue weighted by molar-refractivity contribution is 0.0916. The Morgan fingerprint density at radius 1 is 1.43 bits per heavy atom. The number of rotatable bonds is 3. The number of para-hydroxylation sites is 1. The standard InChI is InChI=1S/C16H17FN2O2/c17-13-5-1-3-10-7-12(9-18-15(10)13)16(21)19-8-11-4-2-6-14(11)20/h1,3,5,7,9,11,14,20H,2,4,6,8H2,(H,19,21)/t11-,14+/m0/s1. The van der Waals surface area contributed by atoms with E-state index in [-0.39, 0.29) is 23.4 Å². The monoisotopic (exact) mass is 288 g/mol. The van der Waals surface area contributed by atoms with Crippen molar-refractivity contribution in [3.63, 3.8) is 0 Å². The van der Waals surface area contributed by atoms with Gasteiger partial charge in [0.15, 0.2) is 0 Å². The maximum atomic E-state index is 13.5. The second-order valence-corrected chi connectivity index (χ2v) is 5.50. The summed E-state index contributed by atoms with van der Waals surface area (Å²) in [5.41, 5.74) is 0.667. The van der Waals surface area contributed by atoms with E-state index in [1.807, 2.05) is 0 Å². The number of nitrogens with zero attached hydrogens (tertiary/aromatic N) is 1. The van der Waals surface area contributed by atoms with Gasteiger partial charge in [-0.2, -0.15) is 0 Å². The molecule has 1 aliphatic carbocycles. The van der Waals surface area contributed by atoms with Crippen molar-refractivity contribution in [2.75, 3.05) is 6.54 Å². The zero-order valence-corrected chi connectivity index (χ0v) is 11.6. The largest absolute Gasteiger partial charge is 0.393 e. The number of hydrogen-bond donors (Lipinski definition) is 2. The van der Waals surface area contributed by atoms with Gasteiger partial charge in [0.05, 0.1) is 11.7 Å². The minimum absolute atomic E-state index is 0.125. The Morgan fingerprint density at radius 3 is 3.05 bits per heavy atom. The Labute approximate surface area is 122 Å². The van der Waals surface area contributed by atoms with E-state index in [9.17, 15) is 14.3 Å². The minimum Gasteiger partial charge on any atom is -0.393 e. The van der Waals surface area contributed by atoms with E-state index in [0.29, 0.717) is 17.5 Å². The number of aromatic nitrogens is 1. The van der Waals surface area contributed by atoms with Crippen molar-refractivity contribution in [3.05, 3.63) is 41.8 Å². The summed E-state index contributed by atoms with van der Waals surface area (Å²) in [4.78, 5) is 16.1. The number of carbonyl (C=O) groups is 1. The maximum absolute atomic E-state index is 13.5. The van der Waals surface area contributed by atoms with Gasteiger partial charge in [0.1, 0.15) is 11.3 Å². The maximum Gasteiger partial charge on any atom is 0.252 e. The van der Waals surface area contributed by atoms with Crippen molar-refractivity contribution in [2.45, 2.75) is 25.4 Å². The molecule has 21 heavy (non-hydrogen) atoms. The average Bonchev–Trinajstić information content (AvgIpc) is 2.90. The van der Waals surface area contributed by atoms with E-state index in [1.165, 1.54) is 12.3 Å². The SMILES string of the molecule is O=C(NC[C@@H]1CCC[C@H]1O)c1cnc2c(F)cccc2c1. The number of benzene rings is 1. The molecule has 0 spiro atoms. The molecule has 2 atom stereocenters. The Balaban J connectivity index is 1.72. The Hall–Kier alpha value is -2.01. The third-order valence-corrected chi connectivity index (χ3v) is 4.07. The number of hydrogen-bond acceptors (Lipinski definition) is 3. The molecule has 1 heterocycles. The van der Waals surface area contributed by atoms with Crippen molar-refractivity contribution in [2.24, 2.45) is 5.92 Å². The molecule has 2 aromatic rings. The van der Waals surface area contributed by atoms with E-state index in [0.717, 1.165) is 19.3 Å². The van der Waals surface area contributed by atoms with Gasteiger partial charge in [0.2, 0.25) is 0 Å². The predicted molar refractivity (Wildman–Crippen MR) is 77.4 cm³/mol. The molecule has 1 amide bonds. The summed E-state index contributed by atoms with van der Waals surface area (Å²) in [6, 6.07) is 6.29. The van der Waals surface area contributed by atoms with Crippen LogP contribution in [0.1, 0.15) is 29.6 Å². The third-order valence-electron chi connectivity index (χ3n) is 4.07. The number of halogens is 1. The summed E-state index contributed by atoms with van der Waals surface area (Å²) in [5.74, 6) is -0.513. The first-order valence-electron chi connectivity index (χ1n) is 7.15. The molecule has 1 aromatic carbocycles. The highest BCUT2D eigenvalue weighted by Crippen LogP contribution is 2.24. The van der Waals surface area contributed by atoms with E-state index in [1.54, 1.807) is 18.2 Å². The summed E-state index contributed by atoms with van der Waals surface area (Å²) in [6.45, 7) is 0.460. The van der Waals surface area contributed by atoms with Crippen LogP contribution in [0.4, 0.5) is 4.39 Å². The van der Waals surface area contributed by atoms with Gasteiger partial charge >= 0.3 is 0 Å². The molecule has 0 bridgehead atoms. The number of carbonyl (C=O) groups excluding carboxylic acids is 1. The highest BCUT2D eigenvalue weighted by molar-refractivity contribution is 5.97. The van der Waals surface area contributed by atoms with E-state index < -0.39 is 5.82 Å². The van der Waals surface area contributed by atoms with Gasteiger partial charge in [0, 0.05) is 24.0 Å². The molecule has 4 nitrogen and oxygen atoms in total. The van der Waals surface area contributed by atoms with E-state index >= 15 is 0 Å². The van der Waals surface area contributed by atoms with Gasteiger partial charge in [-0.05, 0) is 25.0 Å². The molecule has 110 valence electrons. The van der Waals surface area contributed by atoms with Crippen molar-refractivity contribution in [1.29, 1.82) is 0 Å². The first kappa shape index (κ1) is 13.9. The topological polar surface area (TPSA) is 62.2 Å². The fourth-order valence-corrected chi connectivity index (χ4v) is 2.83. The second-order valence-electron chi connectivity index (χ2n) is 5.50. The normalized spacial score (nSPS) is 21.6. The van der Waals surface area contributed by atoms with E-state index in [4.69, 9.17) is 0 Å². The second kappa shape index (κ2) is 5.77. The first-order valence-corrected chi connectivity index (χ1v) is 7.15. The lowest BCUT2D eigenvalue weighted by Crippen LogP contribution is -2.32. The van der Waals surface area contributed by atoms with Gasteiger partial charge in [-0.1, -0.05) is 18.6 Å². The summed E-state index contributed by atoms with van der Waals surface area (Å²) in [7, 11) is 0. The Kier molecular flexibility index (Phi) is 3.84. The van der Waals surface area contributed by atoms with E-state index in [2.05, 4.69) is 10.3 Å². The molecule has 0 unspecified atom stereocenters. The first-order chi connectivity index (χ1) is 10.1. The molecule has 1 aromatic heterocycles. The number of fused-ring (bicyclic) bond motifs is 1. The number of pyridine rings is 1. The lowest BCUT2D eigenvalue weighted by atomic mass is 10.1. The molecular weight excluding hydrogens is 271 g/mol. The van der Waals surface area contributed by atoms with Crippen molar-refractivity contribution >= 4 is 16.8 Å². The highest BCUT2D eigenvalue weighted by atomic mass is 19.1. The fraction of sp³-hybridized carbons (Fsp3) is 0.375. The minimum atomic E-state index is -0.395. The quantitative estimate of drug-likeness (QED) is 0.910. The smallest absolute Gasteiger partial charge is 0.252 e. The molecule has 5 heteroatoms. The van der Waals surface area contributed by atoms with Crippen molar-refractivity contribution in [3.8, 4) is 0 Å². The summed E-state index contributed by atoms with van der Waals surface area (Å²) in [6.07, 6.45) is 3.79. The fourth-order valence-electron chi connectivity index (χ4n) is 2.83. The molecule has 1 saturated carbocycles. The highest BCUT2D eigenvalue weighted by Gasteiger charge is 2.25. The molecule has 1 fully saturated rings. The zero-order valence-electron chi connectivity index (χ0n) is 11.6. The van der Waals surface area contributed by atoms with Gasteiger partial charge in [-0.15, -0.1) is 0 Å². The van der Waals surface area contributed by atoms with Crippen LogP contribution in [0.25, 0.3) is 10.9 Å². The van der Waals surface area contributed by atoms with Crippen LogP contribution < -0.4 is 5.32 Å². The number of aliphatic hydroxyl groups is 1. The zero-order chi connectivity index (χ0) is 14.8. The molecule has 0 aliphatic heterocycles. The molecule has 0 saturated heterocycles. The summed E-state index contributed by atoms with van der Waals surface area (Å²) < 4.78 is 13.5. The average molecular weight is 288 g/mol. The molecule has 1 aliphatic rings. The molecular formula is C16H17FN2O2. The molecule has 3 rings (SSSR count). The van der Waals surface area contributed by atoms with Crippen LogP contribution >= 0.6 is 0 Å². The van der Waals surface area contributed by atoms with Crippen LogP contribution in [0, 0.1) is 11.7 Å². The van der Waals surface area contributed by atoms with Gasteiger partial charge in [0.25, 0.3) is 5.91 Å². The van der Waals surface area contributed by atoms with Crippen molar-refractivity contribution < 1.29 is 14.3 Å². The van der Waals surface area contributed by atoms with Crippen molar-refractivity contribution in [1.82, 2.24) is 10.3 Å². The predicted octanol–water partition coefficient (Wildman–Crippen LogP) is 2.26. The van der Waals surface area contributed by atoms with Crippen LogP contribution in [0.3, 0.4) is 0 Å². The van der Waals surface area contributed by atoms with Gasteiger partial charge in [-0.3, -0.25) is 9.78 Å².